The van der Waals surface area contributed by atoms with Gasteiger partial charge in [-0.1, -0.05) is 32.0 Å². The molecule has 0 saturated heterocycles. The summed E-state index contributed by atoms with van der Waals surface area (Å²) in [4.78, 5) is 3.39. The summed E-state index contributed by atoms with van der Waals surface area (Å²) in [6, 6.07) is 14.6. The molecule has 2 aromatic carbocycles. The van der Waals surface area contributed by atoms with Crippen LogP contribution < -0.4 is 10.1 Å². The highest BCUT2D eigenvalue weighted by Crippen LogP contribution is 2.28. The van der Waals surface area contributed by atoms with E-state index < -0.39 is 6.10 Å². The van der Waals surface area contributed by atoms with Crippen LogP contribution in [0.4, 0.5) is 0 Å². The molecular formula is C18H22N2O2. The van der Waals surface area contributed by atoms with Crippen LogP contribution >= 0.6 is 0 Å². The summed E-state index contributed by atoms with van der Waals surface area (Å²) in [7, 11) is 0. The van der Waals surface area contributed by atoms with E-state index in [0.29, 0.717) is 12.6 Å². The number of aliphatic hydroxyl groups is 1. The lowest BCUT2D eigenvalue weighted by Crippen LogP contribution is -2.35. The topological polar surface area (TPSA) is 57.3 Å². The van der Waals surface area contributed by atoms with Crippen LogP contribution in [0.2, 0.25) is 0 Å². The van der Waals surface area contributed by atoms with Gasteiger partial charge in [-0.25, -0.2) is 0 Å². The lowest BCUT2D eigenvalue weighted by Gasteiger charge is -2.15. The van der Waals surface area contributed by atoms with Gasteiger partial charge in [-0.3, -0.25) is 0 Å². The standard InChI is InChI=1S/C18H22N2O2/c1-12(2)19-10-13(21)11-22-14-7-8-16-15-5-3-4-6-17(15)20-18(16)9-14/h3-9,12-13,19-21H,10-11H2,1-2H3. The number of aliphatic hydroxyl groups excluding tert-OH is 1. The predicted molar refractivity (Wildman–Crippen MR) is 90.4 cm³/mol. The number of rotatable bonds is 6. The van der Waals surface area contributed by atoms with Crippen molar-refractivity contribution in [3.63, 3.8) is 0 Å². The molecule has 0 spiro atoms. The fraction of sp³-hybridized carbons (Fsp3) is 0.333. The molecule has 116 valence electrons. The van der Waals surface area contributed by atoms with E-state index in [4.69, 9.17) is 4.74 Å². The Balaban J connectivity index is 1.71. The second-order valence-corrected chi connectivity index (χ2v) is 5.91. The molecule has 1 unspecified atom stereocenters. The highest BCUT2D eigenvalue weighted by molar-refractivity contribution is 6.07. The van der Waals surface area contributed by atoms with Crippen LogP contribution in [0.1, 0.15) is 13.8 Å². The molecule has 0 bridgehead atoms. The number of hydrogen-bond acceptors (Lipinski definition) is 3. The number of hydrogen-bond donors (Lipinski definition) is 3. The first-order valence-electron chi connectivity index (χ1n) is 7.68. The third-order valence-corrected chi connectivity index (χ3v) is 3.68. The van der Waals surface area contributed by atoms with Crippen LogP contribution in [0.25, 0.3) is 21.8 Å². The molecule has 1 heterocycles. The summed E-state index contributed by atoms with van der Waals surface area (Å²) in [5, 5.41) is 15.5. The molecule has 0 amide bonds. The van der Waals surface area contributed by atoms with Crippen molar-refractivity contribution < 1.29 is 9.84 Å². The van der Waals surface area contributed by atoms with Crippen molar-refractivity contribution in [2.24, 2.45) is 0 Å². The van der Waals surface area contributed by atoms with Crippen molar-refractivity contribution in [1.82, 2.24) is 10.3 Å². The van der Waals surface area contributed by atoms with Gasteiger partial charge in [0.2, 0.25) is 0 Å². The van der Waals surface area contributed by atoms with Crippen LogP contribution in [0.5, 0.6) is 5.75 Å². The third-order valence-electron chi connectivity index (χ3n) is 3.68. The minimum absolute atomic E-state index is 0.283. The Labute approximate surface area is 130 Å². The van der Waals surface area contributed by atoms with Gasteiger partial charge in [0, 0.05) is 34.9 Å². The Morgan fingerprint density at radius 2 is 1.86 bits per heavy atom. The SMILES string of the molecule is CC(C)NCC(O)COc1ccc2c(c1)[nH]c1ccccc12. The first-order valence-corrected chi connectivity index (χ1v) is 7.68. The zero-order chi connectivity index (χ0) is 15.5. The first-order chi connectivity index (χ1) is 10.6. The van der Waals surface area contributed by atoms with Crippen molar-refractivity contribution in [1.29, 1.82) is 0 Å². The quantitative estimate of drug-likeness (QED) is 0.655. The average Bonchev–Trinajstić information content (AvgIpc) is 2.88. The molecule has 4 heteroatoms. The second-order valence-electron chi connectivity index (χ2n) is 5.91. The van der Waals surface area contributed by atoms with Crippen LogP contribution in [0.15, 0.2) is 42.5 Å². The first kappa shape index (κ1) is 14.9. The minimum atomic E-state index is -0.513. The van der Waals surface area contributed by atoms with E-state index in [0.717, 1.165) is 16.8 Å². The molecule has 22 heavy (non-hydrogen) atoms. The number of nitrogens with one attached hydrogen (secondary N) is 2. The summed E-state index contributed by atoms with van der Waals surface area (Å²) in [5.74, 6) is 0.766. The molecule has 0 aliphatic carbocycles. The van der Waals surface area contributed by atoms with Crippen LogP contribution in [-0.2, 0) is 0 Å². The molecule has 3 N–H and O–H groups in total. The number of benzene rings is 2. The summed E-state index contributed by atoms with van der Waals surface area (Å²) >= 11 is 0. The number of aromatic amines is 1. The van der Waals surface area contributed by atoms with Crippen molar-refractivity contribution in [2.45, 2.75) is 26.0 Å². The molecule has 1 atom stereocenters. The maximum Gasteiger partial charge on any atom is 0.121 e. The van der Waals surface area contributed by atoms with Gasteiger partial charge >= 0.3 is 0 Å². The molecule has 3 aromatic rings. The summed E-state index contributed by atoms with van der Waals surface area (Å²) in [6.45, 7) is 4.92. The lowest BCUT2D eigenvalue weighted by molar-refractivity contribution is 0.105. The second kappa shape index (κ2) is 6.38. The van der Waals surface area contributed by atoms with E-state index in [-0.39, 0.29) is 6.61 Å². The Hall–Kier alpha value is -2.04. The number of aromatic nitrogens is 1. The molecule has 0 aliphatic heterocycles. The van der Waals surface area contributed by atoms with Gasteiger partial charge in [0.25, 0.3) is 0 Å². The minimum Gasteiger partial charge on any atom is -0.491 e. The summed E-state index contributed by atoms with van der Waals surface area (Å²) < 4.78 is 5.69. The van der Waals surface area contributed by atoms with Crippen molar-refractivity contribution >= 4 is 21.8 Å². The number of para-hydroxylation sites is 1. The van der Waals surface area contributed by atoms with Gasteiger partial charge in [-0.15, -0.1) is 0 Å². The van der Waals surface area contributed by atoms with Gasteiger partial charge in [-0.2, -0.15) is 0 Å². The van der Waals surface area contributed by atoms with Gasteiger partial charge in [0.1, 0.15) is 18.5 Å². The van der Waals surface area contributed by atoms with E-state index in [9.17, 15) is 5.11 Å². The molecule has 1 aromatic heterocycles. The molecular weight excluding hydrogens is 276 g/mol. The molecule has 0 radical (unpaired) electrons. The molecule has 0 fully saturated rings. The van der Waals surface area contributed by atoms with Crippen LogP contribution in [-0.4, -0.2) is 35.4 Å². The summed E-state index contributed by atoms with van der Waals surface area (Å²) in [5.41, 5.74) is 2.17. The largest absolute Gasteiger partial charge is 0.491 e. The van der Waals surface area contributed by atoms with E-state index in [1.165, 1.54) is 10.8 Å². The fourth-order valence-corrected chi connectivity index (χ4v) is 2.55. The maximum absolute atomic E-state index is 9.89. The van der Waals surface area contributed by atoms with E-state index in [1.807, 2.05) is 24.3 Å². The number of fused-ring (bicyclic) bond motifs is 3. The normalized spacial score (nSPS) is 13.1. The van der Waals surface area contributed by atoms with Gasteiger partial charge in [0.15, 0.2) is 0 Å². The predicted octanol–water partition coefficient (Wildman–Crippen LogP) is 3.06. The highest BCUT2D eigenvalue weighted by Gasteiger charge is 2.08. The average molecular weight is 298 g/mol. The molecule has 3 rings (SSSR count). The smallest absolute Gasteiger partial charge is 0.121 e. The zero-order valence-electron chi connectivity index (χ0n) is 13.0. The van der Waals surface area contributed by atoms with Gasteiger partial charge in [0.05, 0.1) is 5.52 Å². The van der Waals surface area contributed by atoms with Crippen LogP contribution in [0, 0.1) is 0 Å². The fourth-order valence-electron chi connectivity index (χ4n) is 2.55. The Bertz CT molecular complexity index is 764. The number of H-pyrrole nitrogens is 1. The van der Waals surface area contributed by atoms with E-state index in [1.54, 1.807) is 0 Å². The Morgan fingerprint density at radius 1 is 1.09 bits per heavy atom. The van der Waals surface area contributed by atoms with Crippen LogP contribution in [0.3, 0.4) is 0 Å². The maximum atomic E-state index is 9.89. The molecule has 4 nitrogen and oxygen atoms in total. The van der Waals surface area contributed by atoms with E-state index >= 15 is 0 Å². The monoisotopic (exact) mass is 298 g/mol. The van der Waals surface area contributed by atoms with Crippen molar-refractivity contribution in [3.05, 3.63) is 42.5 Å². The highest BCUT2D eigenvalue weighted by atomic mass is 16.5. The van der Waals surface area contributed by atoms with Crippen molar-refractivity contribution in [2.75, 3.05) is 13.2 Å². The van der Waals surface area contributed by atoms with E-state index in [2.05, 4.69) is 42.3 Å². The zero-order valence-corrected chi connectivity index (χ0v) is 13.0. The Morgan fingerprint density at radius 3 is 2.68 bits per heavy atom. The summed E-state index contributed by atoms with van der Waals surface area (Å²) in [6.07, 6.45) is -0.513. The number of ether oxygens (including phenoxy) is 1. The van der Waals surface area contributed by atoms with Gasteiger partial charge in [-0.05, 0) is 18.2 Å². The molecule has 0 aliphatic rings. The third kappa shape index (κ3) is 3.24. The molecule has 0 saturated carbocycles. The Kier molecular flexibility index (Phi) is 4.32. The van der Waals surface area contributed by atoms with Crippen molar-refractivity contribution in [3.8, 4) is 5.75 Å². The van der Waals surface area contributed by atoms with Gasteiger partial charge < -0.3 is 20.1 Å². The lowest BCUT2D eigenvalue weighted by atomic mass is 10.1.